The molecule has 7 nitrogen and oxygen atoms in total. The molecule has 1 aromatic heterocycles. The van der Waals surface area contributed by atoms with Gasteiger partial charge in [-0.05, 0) is 49.4 Å². The average Bonchev–Trinajstić information content (AvgIpc) is 3.19. The number of benzene rings is 2. The molecule has 144 valence electrons. The van der Waals surface area contributed by atoms with Crippen LogP contribution in [0, 0.1) is 6.92 Å². The molecule has 0 aliphatic heterocycles. The monoisotopic (exact) mass is 462 g/mol. The smallest absolute Gasteiger partial charge is 0.339 e. The molecule has 1 heterocycles. The number of hydrogen-bond acceptors (Lipinski definition) is 6. The number of aryl methyl sites for hydroxylation is 1. The number of halogens is 1. The molecule has 0 atom stereocenters. The number of nitrogens with one attached hydrogen (secondary N) is 1. The van der Waals surface area contributed by atoms with Crippen molar-refractivity contribution in [2.75, 3.05) is 0 Å². The van der Waals surface area contributed by atoms with Crippen LogP contribution in [0.1, 0.15) is 21.7 Å². The molecule has 0 aliphatic carbocycles. The number of amides is 1. The first-order chi connectivity index (χ1) is 13.3. The average molecular weight is 463 g/mol. The largest absolute Gasteiger partial charge is 0.459 e. The van der Waals surface area contributed by atoms with Gasteiger partial charge in [0.1, 0.15) is 4.90 Å². The van der Waals surface area contributed by atoms with Crippen molar-refractivity contribution in [1.29, 1.82) is 0 Å². The molecule has 0 unspecified atom stereocenters. The van der Waals surface area contributed by atoms with E-state index in [9.17, 15) is 13.2 Å². The van der Waals surface area contributed by atoms with Gasteiger partial charge < -0.3 is 8.60 Å². The zero-order chi connectivity index (χ0) is 20.1. The predicted octanol–water partition coefficient (Wildman–Crippen LogP) is 3.88. The summed E-state index contributed by atoms with van der Waals surface area (Å²) in [7, 11) is -4.02. The second-order valence-electron chi connectivity index (χ2n) is 5.71. The Morgan fingerprint density at radius 1 is 1.18 bits per heavy atom. The van der Waals surface area contributed by atoms with Crippen LogP contribution in [0.5, 0.6) is 5.75 Å². The topological polar surface area (TPSA) is 98.0 Å². The van der Waals surface area contributed by atoms with Crippen molar-refractivity contribution in [2.45, 2.75) is 11.8 Å². The quantitative estimate of drug-likeness (QED) is 0.340. The highest BCUT2D eigenvalue weighted by atomic mass is 79.9. The number of carbonyl (C=O) groups is 1. The minimum atomic E-state index is -4.02. The van der Waals surface area contributed by atoms with Crippen LogP contribution in [0.3, 0.4) is 0 Å². The van der Waals surface area contributed by atoms with Gasteiger partial charge in [-0.1, -0.05) is 33.6 Å². The summed E-state index contributed by atoms with van der Waals surface area (Å²) in [5, 5.41) is 3.83. The maximum atomic E-state index is 12.5. The Morgan fingerprint density at radius 3 is 2.61 bits per heavy atom. The molecule has 9 heteroatoms. The van der Waals surface area contributed by atoms with E-state index in [1.54, 1.807) is 30.3 Å². The third-order valence-electron chi connectivity index (χ3n) is 3.60. The highest BCUT2D eigenvalue weighted by Crippen LogP contribution is 2.25. The zero-order valence-corrected chi connectivity index (χ0v) is 17.0. The van der Waals surface area contributed by atoms with Gasteiger partial charge in [-0.3, -0.25) is 4.79 Å². The minimum absolute atomic E-state index is 0.0371. The Morgan fingerprint density at radius 2 is 1.93 bits per heavy atom. The Balaban J connectivity index is 1.81. The van der Waals surface area contributed by atoms with Crippen molar-refractivity contribution in [3.05, 3.63) is 82.2 Å². The standard InChI is InChI=1S/C19H15BrN2O5S/c1-13-4-7-16(8-5-13)28(24,25)27-17-9-6-15(20)11-14(17)12-21-22-19(23)18-3-2-10-26-18/h2-12H,1H3,(H,22,23)/b21-12-. The molecule has 0 saturated carbocycles. The number of hydrogen-bond donors (Lipinski definition) is 1. The molecule has 1 amide bonds. The highest BCUT2D eigenvalue weighted by molar-refractivity contribution is 9.10. The molecule has 3 rings (SSSR count). The number of nitrogens with zero attached hydrogens (tertiary/aromatic N) is 1. The van der Waals surface area contributed by atoms with Crippen LogP contribution in [-0.4, -0.2) is 20.5 Å². The summed E-state index contributed by atoms with van der Waals surface area (Å²) >= 11 is 3.31. The van der Waals surface area contributed by atoms with Gasteiger partial charge in [0.25, 0.3) is 0 Å². The van der Waals surface area contributed by atoms with Crippen molar-refractivity contribution in [1.82, 2.24) is 5.43 Å². The first-order valence-electron chi connectivity index (χ1n) is 8.03. The lowest BCUT2D eigenvalue weighted by Gasteiger charge is -2.10. The van der Waals surface area contributed by atoms with E-state index in [4.69, 9.17) is 8.60 Å². The molecule has 0 radical (unpaired) electrons. The Kier molecular flexibility index (Phi) is 5.96. The van der Waals surface area contributed by atoms with Crippen molar-refractivity contribution in [3.8, 4) is 5.75 Å². The van der Waals surface area contributed by atoms with Gasteiger partial charge in [-0.15, -0.1) is 0 Å². The van der Waals surface area contributed by atoms with Crippen molar-refractivity contribution < 1.29 is 21.8 Å². The second kappa shape index (κ2) is 8.41. The van der Waals surface area contributed by atoms with Crippen molar-refractivity contribution in [3.63, 3.8) is 0 Å². The van der Waals surface area contributed by atoms with Gasteiger partial charge in [-0.25, -0.2) is 5.43 Å². The van der Waals surface area contributed by atoms with Crippen LogP contribution < -0.4 is 9.61 Å². The van der Waals surface area contributed by atoms with E-state index in [0.29, 0.717) is 10.0 Å². The summed E-state index contributed by atoms with van der Waals surface area (Å²) in [4.78, 5) is 11.9. The van der Waals surface area contributed by atoms with Gasteiger partial charge in [0.15, 0.2) is 11.5 Å². The first-order valence-corrected chi connectivity index (χ1v) is 10.2. The third kappa shape index (κ3) is 4.87. The fraction of sp³-hybridized carbons (Fsp3) is 0.0526. The molecule has 3 aromatic rings. The molecule has 2 aromatic carbocycles. The van der Waals surface area contributed by atoms with Gasteiger partial charge in [0, 0.05) is 10.0 Å². The zero-order valence-electron chi connectivity index (χ0n) is 14.6. The molecular weight excluding hydrogens is 448 g/mol. The fourth-order valence-corrected chi connectivity index (χ4v) is 3.52. The summed E-state index contributed by atoms with van der Waals surface area (Å²) in [5.41, 5.74) is 3.58. The van der Waals surface area contributed by atoms with E-state index < -0.39 is 16.0 Å². The lowest BCUT2D eigenvalue weighted by Crippen LogP contribution is -2.17. The van der Waals surface area contributed by atoms with Crippen LogP contribution in [0.25, 0.3) is 0 Å². The lowest BCUT2D eigenvalue weighted by molar-refractivity contribution is 0.0927. The van der Waals surface area contributed by atoms with Crippen LogP contribution in [-0.2, 0) is 10.1 Å². The molecule has 1 N–H and O–H groups in total. The van der Waals surface area contributed by atoms with Gasteiger partial charge in [-0.2, -0.15) is 13.5 Å². The number of hydrazone groups is 1. The molecule has 0 spiro atoms. The van der Waals surface area contributed by atoms with E-state index in [-0.39, 0.29) is 16.4 Å². The van der Waals surface area contributed by atoms with Gasteiger partial charge >= 0.3 is 16.0 Å². The van der Waals surface area contributed by atoms with E-state index in [2.05, 4.69) is 26.5 Å². The van der Waals surface area contributed by atoms with E-state index in [1.807, 2.05) is 6.92 Å². The summed E-state index contributed by atoms with van der Waals surface area (Å²) in [6.07, 6.45) is 2.65. The summed E-state index contributed by atoms with van der Waals surface area (Å²) in [6, 6.07) is 14.1. The molecular formula is C19H15BrN2O5S. The van der Waals surface area contributed by atoms with Crippen LogP contribution in [0.4, 0.5) is 0 Å². The summed E-state index contributed by atoms with van der Waals surface area (Å²) in [6.45, 7) is 1.86. The summed E-state index contributed by atoms with van der Waals surface area (Å²) in [5.74, 6) is -0.365. The Labute approximate surface area is 170 Å². The minimum Gasteiger partial charge on any atom is -0.459 e. The Hall–Kier alpha value is -2.91. The van der Waals surface area contributed by atoms with Gasteiger partial charge in [0.2, 0.25) is 0 Å². The predicted molar refractivity (Wildman–Crippen MR) is 107 cm³/mol. The highest BCUT2D eigenvalue weighted by Gasteiger charge is 2.18. The lowest BCUT2D eigenvalue weighted by atomic mass is 10.2. The van der Waals surface area contributed by atoms with Gasteiger partial charge in [0.05, 0.1) is 12.5 Å². The summed E-state index contributed by atoms with van der Waals surface area (Å²) < 4.78 is 36.0. The molecule has 28 heavy (non-hydrogen) atoms. The fourth-order valence-electron chi connectivity index (χ4n) is 2.19. The third-order valence-corrected chi connectivity index (χ3v) is 5.34. The number of furan rings is 1. The van der Waals surface area contributed by atoms with E-state index in [0.717, 1.165) is 5.56 Å². The molecule has 0 fully saturated rings. The van der Waals surface area contributed by atoms with Crippen LogP contribution in [0.2, 0.25) is 0 Å². The number of carbonyl (C=O) groups excluding carboxylic acids is 1. The van der Waals surface area contributed by atoms with Crippen molar-refractivity contribution >= 4 is 38.2 Å². The molecule has 0 bridgehead atoms. The molecule has 0 aliphatic rings. The number of rotatable bonds is 6. The maximum Gasteiger partial charge on any atom is 0.339 e. The maximum absolute atomic E-state index is 12.5. The van der Waals surface area contributed by atoms with E-state index in [1.165, 1.54) is 36.7 Å². The van der Waals surface area contributed by atoms with Crippen LogP contribution >= 0.6 is 15.9 Å². The van der Waals surface area contributed by atoms with E-state index >= 15 is 0 Å². The normalized spacial score (nSPS) is 11.5. The first kappa shape index (κ1) is 19.8. The SMILES string of the molecule is Cc1ccc(S(=O)(=O)Oc2ccc(Br)cc2/C=N\NC(=O)c2ccco2)cc1. The molecule has 0 saturated heterocycles. The van der Waals surface area contributed by atoms with Crippen molar-refractivity contribution in [2.24, 2.45) is 5.10 Å². The second-order valence-corrected chi connectivity index (χ2v) is 8.17. The van der Waals surface area contributed by atoms with Crippen LogP contribution in [0.15, 0.2) is 79.7 Å². The Bertz CT molecular complexity index is 1110.